The fourth-order valence-electron chi connectivity index (χ4n) is 2.63. The van der Waals surface area contributed by atoms with Gasteiger partial charge in [-0.15, -0.1) is 0 Å². The van der Waals surface area contributed by atoms with Gasteiger partial charge in [0, 0.05) is 12.2 Å². The minimum Gasteiger partial charge on any atom is -0.332 e. The molecule has 3 heteroatoms. The highest BCUT2D eigenvalue weighted by atomic mass is 15.1. The van der Waals surface area contributed by atoms with Gasteiger partial charge in [-0.25, -0.2) is 4.98 Å². The molecule has 0 saturated carbocycles. The topological polar surface area (TPSA) is 29.9 Å². The molecule has 90 valence electrons. The minimum atomic E-state index is 0.905. The van der Waals surface area contributed by atoms with Crippen molar-refractivity contribution in [3.8, 4) is 0 Å². The fraction of sp³-hybridized carbons (Fsp3) is 0.769. The van der Waals surface area contributed by atoms with E-state index < -0.39 is 0 Å². The lowest BCUT2D eigenvalue weighted by atomic mass is 9.95. The predicted octanol–water partition coefficient (Wildman–Crippen LogP) is 2.20. The van der Waals surface area contributed by atoms with Crippen LogP contribution in [0.4, 0.5) is 0 Å². The van der Waals surface area contributed by atoms with Crippen LogP contribution in [0.25, 0.3) is 0 Å². The van der Waals surface area contributed by atoms with Crippen molar-refractivity contribution in [2.45, 2.75) is 46.6 Å². The lowest BCUT2D eigenvalue weighted by molar-refractivity contribution is 0.336. The molecule has 0 aliphatic carbocycles. The molecule has 0 amide bonds. The van der Waals surface area contributed by atoms with E-state index in [0.717, 1.165) is 12.5 Å². The first-order chi connectivity index (χ1) is 7.68. The van der Waals surface area contributed by atoms with E-state index in [0.29, 0.717) is 0 Å². The molecule has 3 nitrogen and oxygen atoms in total. The normalized spacial score (nSPS) is 17.9. The molecule has 2 rings (SSSR count). The molecule has 1 aromatic rings. The lowest BCUT2D eigenvalue weighted by Gasteiger charge is -2.23. The Morgan fingerprint density at radius 1 is 1.25 bits per heavy atom. The van der Waals surface area contributed by atoms with Crippen LogP contribution in [0, 0.1) is 26.7 Å². The third-order valence-electron chi connectivity index (χ3n) is 3.87. The average Bonchev–Trinajstić information content (AvgIpc) is 2.53. The van der Waals surface area contributed by atoms with Gasteiger partial charge in [0.05, 0.1) is 5.69 Å². The number of nitrogens with one attached hydrogen (secondary N) is 1. The Kier molecular flexibility index (Phi) is 3.64. The average molecular weight is 221 g/mol. The highest BCUT2D eigenvalue weighted by Gasteiger charge is 2.14. The van der Waals surface area contributed by atoms with Gasteiger partial charge < -0.3 is 9.88 Å². The summed E-state index contributed by atoms with van der Waals surface area (Å²) in [6.45, 7) is 9.93. The fourth-order valence-corrected chi connectivity index (χ4v) is 2.63. The molecule has 16 heavy (non-hydrogen) atoms. The summed E-state index contributed by atoms with van der Waals surface area (Å²) < 4.78 is 2.37. The van der Waals surface area contributed by atoms with E-state index in [4.69, 9.17) is 0 Å². The zero-order valence-electron chi connectivity index (χ0n) is 10.7. The Morgan fingerprint density at radius 3 is 2.50 bits per heavy atom. The molecular formula is C13H23N3. The molecule has 1 aliphatic heterocycles. The molecular weight excluding hydrogens is 198 g/mol. The van der Waals surface area contributed by atoms with Crippen molar-refractivity contribution in [2.24, 2.45) is 5.92 Å². The van der Waals surface area contributed by atoms with Crippen molar-refractivity contribution in [3.63, 3.8) is 0 Å². The molecule has 0 aromatic carbocycles. The summed E-state index contributed by atoms with van der Waals surface area (Å²) in [5.74, 6) is 2.08. The molecule has 0 unspecified atom stereocenters. The third kappa shape index (κ3) is 2.46. The number of rotatable bonds is 3. The molecule has 1 aliphatic rings. The summed E-state index contributed by atoms with van der Waals surface area (Å²) in [4.78, 5) is 4.52. The van der Waals surface area contributed by atoms with E-state index in [-0.39, 0.29) is 0 Å². The molecule has 1 fully saturated rings. The van der Waals surface area contributed by atoms with Crippen molar-refractivity contribution in [3.05, 3.63) is 17.2 Å². The van der Waals surface area contributed by atoms with Gasteiger partial charge >= 0.3 is 0 Å². The Hall–Kier alpha value is -0.830. The van der Waals surface area contributed by atoms with E-state index in [1.165, 1.54) is 49.6 Å². The van der Waals surface area contributed by atoms with Gasteiger partial charge in [-0.3, -0.25) is 0 Å². The summed E-state index contributed by atoms with van der Waals surface area (Å²) in [5, 5.41) is 3.42. The van der Waals surface area contributed by atoms with Crippen molar-refractivity contribution in [1.82, 2.24) is 14.9 Å². The summed E-state index contributed by atoms with van der Waals surface area (Å²) in [6.07, 6.45) is 3.98. The van der Waals surface area contributed by atoms with Crippen LogP contribution in [-0.4, -0.2) is 22.6 Å². The molecule has 2 heterocycles. The number of aryl methyl sites for hydroxylation is 2. The van der Waals surface area contributed by atoms with Crippen molar-refractivity contribution in [1.29, 1.82) is 0 Å². The van der Waals surface area contributed by atoms with E-state index in [1.807, 2.05) is 0 Å². The number of hydrogen-bond acceptors (Lipinski definition) is 2. The van der Waals surface area contributed by atoms with Gasteiger partial charge in [0.25, 0.3) is 0 Å². The third-order valence-corrected chi connectivity index (χ3v) is 3.87. The first-order valence-electron chi connectivity index (χ1n) is 6.39. The van der Waals surface area contributed by atoms with Crippen molar-refractivity contribution >= 4 is 0 Å². The molecule has 0 atom stereocenters. The van der Waals surface area contributed by atoms with E-state index in [1.54, 1.807) is 0 Å². The SMILES string of the molecule is Cc1nc(C)n(CCC2CCNCC2)c1C. The number of aromatic nitrogens is 2. The van der Waals surface area contributed by atoms with Crippen LogP contribution < -0.4 is 5.32 Å². The van der Waals surface area contributed by atoms with Gasteiger partial charge in [-0.1, -0.05) is 0 Å². The molecule has 0 radical (unpaired) electrons. The van der Waals surface area contributed by atoms with Crippen LogP contribution in [0.3, 0.4) is 0 Å². The summed E-state index contributed by atoms with van der Waals surface area (Å²) in [7, 11) is 0. The van der Waals surface area contributed by atoms with Gasteiger partial charge in [-0.2, -0.15) is 0 Å². The van der Waals surface area contributed by atoms with Gasteiger partial charge in [-0.05, 0) is 59.0 Å². The lowest BCUT2D eigenvalue weighted by Crippen LogP contribution is -2.28. The number of hydrogen-bond donors (Lipinski definition) is 1. The van der Waals surface area contributed by atoms with Gasteiger partial charge in [0.2, 0.25) is 0 Å². The second-order valence-electron chi connectivity index (χ2n) is 4.96. The van der Waals surface area contributed by atoms with Crippen molar-refractivity contribution in [2.75, 3.05) is 13.1 Å². The number of imidazole rings is 1. The Morgan fingerprint density at radius 2 is 1.94 bits per heavy atom. The first-order valence-corrected chi connectivity index (χ1v) is 6.39. The van der Waals surface area contributed by atoms with Crippen molar-refractivity contribution < 1.29 is 0 Å². The Labute approximate surface area is 98.3 Å². The van der Waals surface area contributed by atoms with E-state index in [9.17, 15) is 0 Å². The molecule has 0 bridgehead atoms. The first kappa shape index (κ1) is 11.6. The zero-order chi connectivity index (χ0) is 11.5. The Balaban J connectivity index is 1.93. The number of nitrogens with zero attached hydrogens (tertiary/aromatic N) is 2. The van der Waals surface area contributed by atoms with Crippen LogP contribution in [0.1, 0.15) is 36.5 Å². The second kappa shape index (κ2) is 5.00. The smallest absolute Gasteiger partial charge is 0.106 e. The van der Waals surface area contributed by atoms with Crippen LogP contribution >= 0.6 is 0 Å². The minimum absolute atomic E-state index is 0.905. The summed E-state index contributed by atoms with van der Waals surface area (Å²) >= 11 is 0. The van der Waals surface area contributed by atoms with Gasteiger partial charge in [0.15, 0.2) is 0 Å². The number of piperidine rings is 1. The van der Waals surface area contributed by atoms with E-state index >= 15 is 0 Å². The second-order valence-corrected chi connectivity index (χ2v) is 4.96. The monoisotopic (exact) mass is 221 g/mol. The highest BCUT2D eigenvalue weighted by Crippen LogP contribution is 2.18. The molecule has 1 aromatic heterocycles. The van der Waals surface area contributed by atoms with Crippen LogP contribution in [0.15, 0.2) is 0 Å². The summed E-state index contributed by atoms with van der Waals surface area (Å²) in [6, 6.07) is 0. The molecule has 1 N–H and O–H groups in total. The maximum atomic E-state index is 4.52. The predicted molar refractivity (Wildman–Crippen MR) is 66.6 cm³/mol. The highest BCUT2D eigenvalue weighted by molar-refractivity contribution is 5.13. The molecule has 0 spiro atoms. The largest absolute Gasteiger partial charge is 0.332 e. The van der Waals surface area contributed by atoms with Crippen LogP contribution in [0.5, 0.6) is 0 Å². The van der Waals surface area contributed by atoms with E-state index in [2.05, 4.69) is 35.6 Å². The quantitative estimate of drug-likeness (QED) is 0.848. The maximum Gasteiger partial charge on any atom is 0.106 e. The molecule has 1 saturated heterocycles. The summed E-state index contributed by atoms with van der Waals surface area (Å²) in [5.41, 5.74) is 2.52. The van der Waals surface area contributed by atoms with Crippen LogP contribution in [-0.2, 0) is 6.54 Å². The standard InChI is InChI=1S/C13H23N3/c1-10-11(2)16(12(3)15-10)9-6-13-4-7-14-8-5-13/h13-14H,4-9H2,1-3H3. The maximum absolute atomic E-state index is 4.52. The van der Waals surface area contributed by atoms with Crippen LogP contribution in [0.2, 0.25) is 0 Å². The Bertz CT molecular complexity index is 348. The van der Waals surface area contributed by atoms with Gasteiger partial charge in [0.1, 0.15) is 5.82 Å². The zero-order valence-corrected chi connectivity index (χ0v) is 10.7.